The van der Waals surface area contributed by atoms with E-state index in [9.17, 15) is 5.11 Å². The summed E-state index contributed by atoms with van der Waals surface area (Å²) in [6, 6.07) is 4.17. The molecule has 0 aromatic carbocycles. The lowest BCUT2D eigenvalue weighted by atomic mass is 9.86. The molecule has 1 aromatic rings. The molecule has 0 aliphatic rings. The summed E-state index contributed by atoms with van der Waals surface area (Å²) >= 11 is 1.72. The lowest BCUT2D eigenvalue weighted by Crippen LogP contribution is -2.23. The molecule has 0 saturated carbocycles. The Morgan fingerprint density at radius 1 is 1.35 bits per heavy atom. The van der Waals surface area contributed by atoms with Crippen LogP contribution in [0.2, 0.25) is 0 Å². The van der Waals surface area contributed by atoms with Crippen molar-refractivity contribution in [1.82, 2.24) is 0 Å². The van der Waals surface area contributed by atoms with Crippen LogP contribution < -0.4 is 0 Å². The van der Waals surface area contributed by atoms with E-state index < -0.39 is 5.60 Å². The summed E-state index contributed by atoms with van der Waals surface area (Å²) in [5.74, 6) is 0.646. The first-order valence-electron chi connectivity index (χ1n) is 6.79. The second-order valence-corrected chi connectivity index (χ2v) is 6.59. The summed E-state index contributed by atoms with van der Waals surface area (Å²) < 4.78 is 0. The molecule has 0 amide bonds. The van der Waals surface area contributed by atoms with Crippen LogP contribution >= 0.6 is 11.3 Å². The Kier molecular flexibility index (Phi) is 5.68. The third-order valence-electron chi connectivity index (χ3n) is 3.50. The van der Waals surface area contributed by atoms with Crippen LogP contribution in [0.4, 0.5) is 0 Å². The molecule has 2 atom stereocenters. The molecule has 0 spiro atoms. The van der Waals surface area contributed by atoms with Crippen molar-refractivity contribution in [2.24, 2.45) is 5.92 Å². The SMILES string of the molecule is CCCCC(CC)CC(C)(O)c1ccc(C)s1. The largest absolute Gasteiger partial charge is 0.385 e. The fourth-order valence-corrected chi connectivity index (χ4v) is 3.25. The molecule has 1 heterocycles. The van der Waals surface area contributed by atoms with E-state index in [4.69, 9.17) is 0 Å². The van der Waals surface area contributed by atoms with Gasteiger partial charge in [0.05, 0.1) is 5.60 Å². The topological polar surface area (TPSA) is 20.2 Å². The van der Waals surface area contributed by atoms with Crippen LogP contribution in [0.15, 0.2) is 12.1 Å². The Morgan fingerprint density at radius 2 is 2.06 bits per heavy atom. The van der Waals surface area contributed by atoms with Gasteiger partial charge in [-0.25, -0.2) is 0 Å². The van der Waals surface area contributed by atoms with Gasteiger partial charge in [-0.2, -0.15) is 0 Å². The van der Waals surface area contributed by atoms with E-state index in [1.165, 1.54) is 30.6 Å². The standard InChI is InChI=1S/C15H26OS/c1-5-7-8-13(6-2)11-15(4,16)14-10-9-12(3)17-14/h9-10,13,16H,5-8,11H2,1-4H3. The minimum absolute atomic E-state index is 0.645. The molecule has 98 valence electrons. The van der Waals surface area contributed by atoms with Crippen LogP contribution in [-0.2, 0) is 5.60 Å². The minimum Gasteiger partial charge on any atom is -0.385 e. The summed E-state index contributed by atoms with van der Waals surface area (Å²) in [5.41, 5.74) is -0.645. The van der Waals surface area contributed by atoms with E-state index in [2.05, 4.69) is 32.9 Å². The Morgan fingerprint density at radius 3 is 2.53 bits per heavy atom. The monoisotopic (exact) mass is 254 g/mol. The average molecular weight is 254 g/mol. The molecule has 1 N–H and O–H groups in total. The van der Waals surface area contributed by atoms with Crippen molar-refractivity contribution in [3.8, 4) is 0 Å². The van der Waals surface area contributed by atoms with Gasteiger partial charge in [0.25, 0.3) is 0 Å². The van der Waals surface area contributed by atoms with Gasteiger partial charge in [-0.3, -0.25) is 0 Å². The Balaban J connectivity index is 2.63. The molecule has 0 radical (unpaired) electrons. The predicted octanol–water partition coefficient (Wildman–Crippen LogP) is 4.87. The zero-order valence-corrected chi connectivity index (χ0v) is 12.4. The first kappa shape index (κ1) is 14.7. The highest BCUT2D eigenvalue weighted by Gasteiger charge is 2.27. The smallest absolute Gasteiger partial charge is 0.0962 e. The van der Waals surface area contributed by atoms with Crippen molar-refractivity contribution in [3.63, 3.8) is 0 Å². The highest BCUT2D eigenvalue weighted by Crippen LogP contribution is 2.35. The van der Waals surface area contributed by atoms with Crippen molar-refractivity contribution in [2.75, 3.05) is 0 Å². The van der Waals surface area contributed by atoms with E-state index in [-0.39, 0.29) is 0 Å². The number of thiophene rings is 1. The fourth-order valence-electron chi connectivity index (χ4n) is 2.33. The van der Waals surface area contributed by atoms with E-state index in [0.717, 1.165) is 11.3 Å². The Hall–Kier alpha value is -0.340. The van der Waals surface area contributed by atoms with Gasteiger partial charge in [0.15, 0.2) is 0 Å². The summed E-state index contributed by atoms with van der Waals surface area (Å²) in [6.07, 6.45) is 5.83. The maximum absolute atomic E-state index is 10.6. The Bertz CT molecular complexity index is 327. The van der Waals surface area contributed by atoms with Crippen molar-refractivity contribution in [1.29, 1.82) is 0 Å². The van der Waals surface area contributed by atoms with E-state index in [1.807, 2.05) is 6.92 Å². The molecule has 1 rings (SSSR count). The first-order chi connectivity index (χ1) is 7.99. The first-order valence-corrected chi connectivity index (χ1v) is 7.60. The maximum atomic E-state index is 10.6. The summed E-state index contributed by atoms with van der Waals surface area (Å²) in [4.78, 5) is 2.40. The molecule has 0 aliphatic heterocycles. The van der Waals surface area contributed by atoms with Crippen LogP contribution in [-0.4, -0.2) is 5.11 Å². The highest BCUT2D eigenvalue weighted by atomic mass is 32.1. The quantitative estimate of drug-likeness (QED) is 0.736. The molecule has 0 fully saturated rings. The second-order valence-electron chi connectivity index (χ2n) is 5.30. The molecule has 0 saturated heterocycles. The molecular formula is C15H26OS. The number of aryl methyl sites for hydroxylation is 1. The van der Waals surface area contributed by atoms with E-state index in [1.54, 1.807) is 11.3 Å². The highest BCUT2D eigenvalue weighted by molar-refractivity contribution is 7.12. The zero-order valence-electron chi connectivity index (χ0n) is 11.6. The predicted molar refractivity (Wildman–Crippen MR) is 76.5 cm³/mol. The molecule has 2 heteroatoms. The fraction of sp³-hybridized carbons (Fsp3) is 0.733. The summed E-state index contributed by atoms with van der Waals surface area (Å²) in [6.45, 7) is 8.52. The van der Waals surface area contributed by atoms with Gasteiger partial charge in [0.2, 0.25) is 0 Å². The average Bonchev–Trinajstić information content (AvgIpc) is 2.71. The molecule has 17 heavy (non-hydrogen) atoms. The summed E-state index contributed by atoms with van der Waals surface area (Å²) in [7, 11) is 0. The number of hydrogen-bond donors (Lipinski definition) is 1. The number of aliphatic hydroxyl groups is 1. The van der Waals surface area contributed by atoms with Crippen LogP contribution in [0.5, 0.6) is 0 Å². The number of rotatable bonds is 7. The van der Waals surface area contributed by atoms with E-state index >= 15 is 0 Å². The Labute approximate surface area is 110 Å². The van der Waals surface area contributed by atoms with Crippen molar-refractivity contribution in [3.05, 3.63) is 21.9 Å². The third kappa shape index (κ3) is 4.44. The molecule has 2 unspecified atom stereocenters. The van der Waals surface area contributed by atoms with Crippen LogP contribution in [0.3, 0.4) is 0 Å². The van der Waals surface area contributed by atoms with Gasteiger partial charge in [0.1, 0.15) is 0 Å². The molecule has 1 nitrogen and oxygen atoms in total. The molecule has 1 aromatic heterocycles. The van der Waals surface area contributed by atoms with Gasteiger partial charge in [-0.1, -0.05) is 39.5 Å². The lowest BCUT2D eigenvalue weighted by Gasteiger charge is -2.27. The van der Waals surface area contributed by atoms with Crippen molar-refractivity contribution >= 4 is 11.3 Å². The van der Waals surface area contributed by atoms with Crippen LogP contribution in [0.25, 0.3) is 0 Å². The van der Waals surface area contributed by atoms with Gasteiger partial charge in [0, 0.05) is 9.75 Å². The zero-order chi connectivity index (χ0) is 12.9. The van der Waals surface area contributed by atoms with Crippen LogP contribution in [0.1, 0.15) is 62.6 Å². The van der Waals surface area contributed by atoms with E-state index in [0.29, 0.717) is 5.92 Å². The third-order valence-corrected chi connectivity index (χ3v) is 4.75. The van der Waals surface area contributed by atoms with Gasteiger partial charge >= 0.3 is 0 Å². The van der Waals surface area contributed by atoms with Crippen molar-refractivity contribution < 1.29 is 5.11 Å². The molecular weight excluding hydrogens is 228 g/mol. The van der Waals surface area contributed by atoms with Gasteiger partial charge in [-0.15, -0.1) is 11.3 Å². The van der Waals surface area contributed by atoms with Crippen LogP contribution in [0, 0.1) is 12.8 Å². The molecule has 0 aliphatic carbocycles. The summed E-state index contributed by atoms with van der Waals surface area (Å²) in [5, 5.41) is 10.6. The van der Waals surface area contributed by atoms with Gasteiger partial charge in [-0.05, 0) is 38.3 Å². The lowest BCUT2D eigenvalue weighted by molar-refractivity contribution is 0.0310. The minimum atomic E-state index is -0.645. The van der Waals surface area contributed by atoms with Gasteiger partial charge < -0.3 is 5.11 Å². The maximum Gasteiger partial charge on any atom is 0.0962 e. The number of hydrogen-bond acceptors (Lipinski definition) is 2. The molecule has 0 bridgehead atoms. The normalized spacial score (nSPS) is 16.8. The number of unbranched alkanes of at least 4 members (excludes halogenated alkanes) is 1. The van der Waals surface area contributed by atoms with Crippen molar-refractivity contribution in [2.45, 2.75) is 65.4 Å². The second kappa shape index (κ2) is 6.55.